The third-order valence-corrected chi connectivity index (χ3v) is 3.73. The van der Waals surface area contributed by atoms with Crippen LogP contribution in [0.15, 0.2) is 48.5 Å². The molecule has 1 amide bonds. The summed E-state index contributed by atoms with van der Waals surface area (Å²) >= 11 is 6.18. The number of carbonyl (C=O) groups is 1. The van der Waals surface area contributed by atoms with Crippen LogP contribution in [0, 0.1) is 0 Å². The van der Waals surface area contributed by atoms with Crippen LogP contribution in [0.25, 0.3) is 0 Å². The number of anilines is 1. The van der Waals surface area contributed by atoms with Crippen LogP contribution in [0.1, 0.15) is 28.9 Å². The Morgan fingerprint density at radius 1 is 1.20 bits per heavy atom. The van der Waals surface area contributed by atoms with Crippen LogP contribution in [0.2, 0.25) is 5.02 Å². The number of hydrogen-bond acceptors (Lipinski definition) is 2. The number of hydrogen-bond donors (Lipinski definition) is 1. The zero-order chi connectivity index (χ0) is 14.7. The molecular formula is C16H17ClN2O. The zero-order valence-electron chi connectivity index (χ0n) is 11.5. The maximum absolute atomic E-state index is 12.5. The average Bonchev–Trinajstić information content (AvgIpc) is 2.45. The molecule has 2 aromatic carbocycles. The maximum Gasteiger partial charge on any atom is 0.254 e. The molecule has 2 aromatic rings. The van der Waals surface area contributed by atoms with Crippen LogP contribution >= 0.6 is 11.6 Å². The average molecular weight is 289 g/mol. The Balaban J connectivity index is 2.25. The summed E-state index contributed by atoms with van der Waals surface area (Å²) in [5.74, 6) is -0.0790. The van der Waals surface area contributed by atoms with Crippen LogP contribution in [0.4, 0.5) is 5.69 Å². The Morgan fingerprint density at radius 3 is 2.55 bits per heavy atom. The largest absolute Gasteiger partial charge is 0.399 e. The number of nitrogen functional groups attached to an aromatic ring is 1. The lowest BCUT2D eigenvalue weighted by Gasteiger charge is -2.26. The van der Waals surface area contributed by atoms with Gasteiger partial charge in [0.2, 0.25) is 0 Å². The minimum atomic E-state index is -0.113. The van der Waals surface area contributed by atoms with Gasteiger partial charge < -0.3 is 10.6 Å². The molecule has 0 aliphatic carbocycles. The van der Waals surface area contributed by atoms with Gasteiger partial charge in [-0.3, -0.25) is 4.79 Å². The second-order valence-electron chi connectivity index (χ2n) is 4.74. The first kappa shape index (κ1) is 14.4. The Bertz CT molecular complexity index is 627. The van der Waals surface area contributed by atoms with Gasteiger partial charge in [0.05, 0.1) is 6.04 Å². The van der Waals surface area contributed by atoms with Gasteiger partial charge in [-0.05, 0) is 36.8 Å². The predicted octanol–water partition coefficient (Wildman–Crippen LogP) is 3.76. The fourth-order valence-electron chi connectivity index (χ4n) is 2.07. The molecule has 1 atom stereocenters. The molecule has 0 aliphatic heterocycles. The van der Waals surface area contributed by atoms with E-state index in [0.717, 1.165) is 5.56 Å². The molecule has 2 rings (SSSR count). The van der Waals surface area contributed by atoms with Crippen molar-refractivity contribution in [3.63, 3.8) is 0 Å². The molecule has 0 saturated heterocycles. The topological polar surface area (TPSA) is 46.3 Å². The van der Waals surface area contributed by atoms with E-state index < -0.39 is 0 Å². The van der Waals surface area contributed by atoms with Gasteiger partial charge in [0.1, 0.15) is 0 Å². The third-order valence-electron chi connectivity index (χ3n) is 3.39. The molecule has 4 heteroatoms. The first-order valence-corrected chi connectivity index (χ1v) is 6.75. The van der Waals surface area contributed by atoms with Gasteiger partial charge >= 0.3 is 0 Å². The molecule has 0 aromatic heterocycles. The van der Waals surface area contributed by atoms with Crippen LogP contribution < -0.4 is 5.73 Å². The molecule has 0 spiro atoms. The number of halogens is 1. The number of nitrogens with two attached hydrogens (primary N) is 1. The second kappa shape index (κ2) is 5.97. The van der Waals surface area contributed by atoms with Crippen molar-refractivity contribution in [3.05, 3.63) is 64.7 Å². The summed E-state index contributed by atoms with van der Waals surface area (Å²) in [6.07, 6.45) is 0. The molecule has 0 radical (unpaired) electrons. The van der Waals surface area contributed by atoms with Crippen molar-refractivity contribution in [1.29, 1.82) is 0 Å². The lowest BCUT2D eigenvalue weighted by molar-refractivity contribution is 0.0743. The monoisotopic (exact) mass is 288 g/mol. The van der Waals surface area contributed by atoms with Gasteiger partial charge in [-0.15, -0.1) is 0 Å². The summed E-state index contributed by atoms with van der Waals surface area (Å²) in [7, 11) is 1.76. The molecular weight excluding hydrogens is 272 g/mol. The second-order valence-corrected chi connectivity index (χ2v) is 5.15. The van der Waals surface area contributed by atoms with E-state index in [2.05, 4.69) is 0 Å². The summed E-state index contributed by atoms with van der Waals surface area (Å²) in [4.78, 5) is 14.1. The van der Waals surface area contributed by atoms with E-state index in [9.17, 15) is 4.79 Å². The van der Waals surface area contributed by atoms with Crippen molar-refractivity contribution in [1.82, 2.24) is 4.90 Å². The van der Waals surface area contributed by atoms with E-state index in [-0.39, 0.29) is 11.9 Å². The Kier molecular flexibility index (Phi) is 4.30. The first-order chi connectivity index (χ1) is 9.50. The lowest BCUT2D eigenvalue weighted by Crippen LogP contribution is -2.29. The van der Waals surface area contributed by atoms with Crippen LogP contribution in [-0.4, -0.2) is 17.9 Å². The highest BCUT2D eigenvalue weighted by Gasteiger charge is 2.20. The van der Waals surface area contributed by atoms with Crippen LogP contribution in [0.3, 0.4) is 0 Å². The van der Waals surface area contributed by atoms with Gasteiger partial charge in [0.25, 0.3) is 5.91 Å². The zero-order valence-corrected chi connectivity index (χ0v) is 12.3. The highest BCUT2D eigenvalue weighted by molar-refractivity contribution is 6.31. The van der Waals surface area contributed by atoms with Gasteiger partial charge in [0, 0.05) is 23.3 Å². The summed E-state index contributed by atoms with van der Waals surface area (Å²) in [6, 6.07) is 14.4. The van der Waals surface area contributed by atoms with Gasteiger partial charge in [0.15, 0.2) is 0 Å². The van der Waals surface area contributed by atoms with E-state index >= 15 is 0 Å². The van der Waals surface area contributed by atoms with E-state index in [1.165, 1.54) is 0 Å². The minimum absolute atomic E-state index is 0.0790. The first-order valence-electron chi connectivity index (χ1n) is 6.38. The van der Waals surface area contributed by atoms with Crippen LogP contribution in [-0.2, 0) is 0 Å². The van der Waals surface area contributed by atoms with Crippen molar-refractivity contribution in [2.24, 2.45) is 0 Å². The molecule has 1 unspecified atom stereocenters. The Hall–Kier alpha value is -2.00. The molecule has 0 bridgehead atoms. The number of rotatable bonds is 3. The van der Waals surface area contributed by atoms with Gasteiger partial charge in [-0.2, -0.15) is 0 Å². The highest BCUT2D eigenvalue weighted by Crippen LogP contribution is 2.27. The highest BCUT2D eigenvalue weighted by atomic mass is 35.5. The quantitative estimate of drug-likeness (QED) is 0.874. The Labute approximate surface area is 124 Å². The van der Waals surface area contributed by atoms with E-state index in [1.807, 2.05) is 31.2 Å². The molecule has 0 aliphatic rings. The normalized spacial score (nSPS) is 11.9. The molecule has 0 fully saturated rings. The van der Waals surface area contributed by atoms with Crippen molar-refractivity contribution in [2.75, 3.05) is 12.8 Å². The summed E-state index contributed by atoms with van der Waals surface area (Å²) in [5.41, 5.74) is 7.79. The SMILES string of the molecule is CC(c1ccccc1Cl)N(C)C(=O)c1cccc(N)c1. The van der Waals surface area contributed by atoms with Crippen molar-refractivity contribution in [3.8, 4) is 0 Å². The van der Waals surface area contributed by atoms with Crippen molar-refractivity contribution < 1.29 is 4.79 Å². The Morgan fingerprint density at radius 2 is 1.90 bits per heavy atom. The van der Waals surface area contributed by atoms with Crippen LogP contribution in [0.5, 0.6) is 0 Å². The van der Waals surface area contributed by atoms with Gasteiger partial charge in [-0.25, -0.2) is 0 Å². The third kappa shape index (κ3) is 2.94. The summed E-state index contributed by atoms with van der Waals surface area (Å²) in [5, 5.41) is 0.659. The molecule has 3 nitrogen and oxygen atoms in total. The van der Waals surface area contributed by atoms with Crippen molar-refractivity contribution >= 4 is 23.2 Å². The fraction of sp³-hybridized carbons (Fsp3) is 0.188. The number of carbonyl (C=O) groups excluding carboxylic acids is 1. The predicted molar refractivity (Wildman–Crippen MR) is 82.8 cm³/mol. The van der Waals surface area contributed by atoms with Gasteiger partial charge in [-0.1, -0.05) is 35.9 Å². The van der Waals surface area contributed by atoms with E-state index in [1.54, 1.807) is 36.2 Å². The number of benzene rings is 2. The molecule has 0 saturated carbocycles. The molecule has 0 heterocycles. The number of amides is 1. The summed E-state index contributed by atoms with van der Waals surface area (Å²) < 4.78 is 0. The smallest absolute Gasteiger partial charge is 0.254 e. The maximum atomic E-state index is 12.5. The lowest BCUT2D eigenvalue weighted by atomic mass is 10.1. The molecule has 104 valence electrons. The van der Waals surface area contributed by atoms with Crippen molar-refractivity contribution in [2.45, 2.75) is 13.0 Å². The summed E-state index contributed by atoms with van der Waals surface area (Å²) in [6.45, 7) is 1.95. The number of nitrogens with zero attached hydrogens (tertiary/aromatic N) is 1. The van der Waals surface area contributed by atoms with E-state index in [4.69, 9.17) is 17.3 Å². The van der Waals surface area contributed by atoms with E-state index in [0.29, 0.717) is 16.3 Å². The molecule has 20 heavy (non-hydrogen) atoms. The standard InChI is InChI=1S/C16H17ClN2O/c1-11(14-8-3-4-9-15(14)17)19(2)16(20)12-6-5-7-13(18)10-12/h3-11H,18H2,1-2H3. The minimum Gasteiger partial charge on any atom is -0.399 e. The fourth-order valence-corrected chi connectivity index (χ4v) is 2.37. The molecule has 2 N–H and O–H groups in total.